The highest BCUT2D eigenvalue weighted by molar-refractivity contribution is 7.89. The van der Waals surface area contributed by atoms with Crippen molar-refractivity contribution >= 4 is 16.0 Å². The lowest BCUT2D eigenvalue weighted by atomic mass is 10.1. The predicted molar refractivity (Wildman–Crippen MR) is 72.4 cm³/mol. The van der Waals surface area contributed by atoms with Crippen molar-refractivity contribution in [3.63, 3.8) is 0 Å². The van der Waals surface area contributed by atoms with Gasteiger partial charge in [0.05, 0.1) is 0 Å². The largest absolute Gasteiger partial charge is 0.480 e. The Balaban J connectivity index is 3.10. The molecule has 1 atom stereocenters. The summed E-state index contributed by atoms with van der Waals surface area (Å²) in [6, 6.07) is -0.0732. The third kappa shape index (κ3) is 4.47. The van der Waals surface area contributed by atoms with E-state index < -0.39 is 38.6 Å². The minimum absolute atomic E-state index is 0.0350. The first-order chi connectivity index (χ1) is 9.69. The van der Waals surface area contributed by atoms with Gasteiger partial charge >= 0.3 is 5.97 Å². The van der Waals surface area contributed by atoms with Gasteiger partial charge in [-0.15, -0.1) is 0 Å². The van der Waals surface area contributed by atoms with E-state index in [0.717, 1.165) is 6.07 Å². The van der Waals surface area contributed by atoms with Crippen molar-refractivity contribution in [1.29, 1.82) is 0 Å². The van der Waals surface area contributed by atoms with Gasteiger partial charge < -0.3 is 5.11 Å². The van der Waals surface area contributed by atoms with E-state index in [-0.39, 0.29) is 12.0 Å². The maximum Gasteiger partial charge on any atom is 0.321 e. The SMILES string of the molecule is CCCC[C@H](NS(=O)(=O)c1cc(F)c(C)cc1F)C(=O)O. The predicted octanol–water partition coefficient (Wildman–Crippen LogP) is 2.19. The first-order valence-electron chi connectivity index (χ1n) is 6.39. The Labute approximate surface area is 122 Å². The topological polar surface area (TPSA) is 83.5 Å². The Morgan fingerprint density at radius 1 is 1.33 bits per heavy atom. The molecule has 21 heavy (non-hydrogen) atoms. The Morgan fingerprint density at radius 3 is 2.48 bits per heavy atom. The van der Waals surface area contributed by atoms with Gasteiger partial charge in [0.25, 0.3) is 0 Å². The second-order valence-electron chi connectivity index (χ2n) is 4.69. The molecule has 1 rings (SSSR count). The van der Waals surface area contributed by atoms with Crippen LogP contribution in [0.1, 0.15) is 31.7 Å². The highest BCUT2D eigenvalue weighted by Crippen LogP contribution is 2.19. The second-order valence-corrected chi connectivity index (χ2v) is 6.37. The van der Waals surface area contributed by atoms with Crippen LogP contribution in [0.3, 0.4) is 0 Å². The number of carboxylic acid groups (broad SMARTS) is 1. The molecule has 0 aliphatic heterocycles. The van der Waals surface area contributed by atoms with E-state index in [0.29, 0.717) is 18.9 Å². The van der Waals surface area contributed by atoms with Crippen LogP contribution in [0.15, 0.2) is 17.0 Å². The molecule has 1 aromatic carbocycles. The zero-order valence-electron chi connectivity index (χ0n) is 11.7. The summed E-state index contributed by atoms with van der Waals surface area (Å²) in [7, 11) is -4.45. The molecule has 0 aromatic heterocycles. The third-order valence-corrected chi connectivity index (χ3v) is 4.43. The smallest absolute Gasteiger partial charge is 0.321 e. The monoisotopic (exact) mass is 321 g/mol. The first-order valence-corrected chi connectivity index (χ1v) is 7.88. The molecular weight excluding hydrogens is 304 g/mol. The first kappa shape index (κ1) is 17.5. The lowest BCUT2D eigenvalue weighted by Crippen LogP contribution is -2.41. The summed E-state index contributed by atoms with van der Waals surface area (Å²) in [6.45, 7) is 3.12. The molecule has 1 aromatic rings. The average molecular weight is 321 g/mol. The molecule has 2 N–H and O–H groups in total. The molecule has 0 amide bonds. The van der Waals surface area contributed by atoms with Gasteiger partial charge in [0.1, 0.15) is 22.6 Å². The van der Waals surface area contributed by atoms with E-state index in [9.17, 15) is 22.0 Å². The average Bonchev–Trinajstić information content (AvgIpc) is 2.38. The lowest BCUT2D eigenvalue weighted by Gasteiger charge is -2.15. The number of unbranched alkanes of at least 4 members (excludes halogenated alkanes) is 1. The highest BCUT2D eigenvalue weighted by Gasteiger charge is 2.27. The van der Waals surface area contributed by atoms with Crippen LogP contribution in [0, 0.1) is 18.6 Å². The van der Waals surface area contributed by atoms with Gasteiger partial charge in [0.15, 0.2) is 0 Å². The van der Waals surface area contributed by atoms with E-state index in [1.54, 1.807) is 0 Å². The molecule has 0 radical (unpaired) electrons. The summed E-state index contributed by atoms with van der Waals surface area (Å²) in [5.74, 6) is -3.36. The Morgan fingerprint density at radius 2 is 1.95 bits per heavy atom. The lowest BCUT2D eigenvalue weighted by molar-refractivity contribution is -0.139. The minimum atomic E-state index is -4.45. The normalized spacial score (nSPS) is 13.1. The summed E-state index contributed by atoms with van der Waals surface area (Å²) in [5.41, 5.74) is -0.0350. The van der Waals surface area contributed by atoms with Crippen LogP contribution < -0.4 is 4.72 Å². The Kier molecular flexibility index (Phi) is 5.79. The van der Waals surface area contributed by atoms with E-state index in [2.05, 4.69) is 0 Å². The number of aryl methyl sites for hydroxylation is 1. The van der Waals surface area contributed by atoms with Gasteiger partial charge in [-0.25, -0.2) is 17.2 Å². The second kappa shape index (κ2) is 6.95. The van der Waals surface area contributed by atoms with Crippen molar-refractivity contribution in [1.82, 2.24) is 4.72 Å². The van der Waals surface area contributed by atoms with Crippen molar-refractivity contribution in [2.75, 3.05) is 0 Å². The number of nitrogens with one attached hydrogen (secondary N) is 1. The van der Waals surface area contributed by atoms with Gasteiger partial charge in [0.2, 0.25) is 10.0 Å². The molecule has 0 heterocycles. The molecule has 0 spiro atoms. The molecular formula is C13H17F2NO4S. The van der Waals surface area contributed by atoms with E-state index in [4.69, 9.17) is 5.11 Å². The Bertz CT molecular complexity index is 631. The summed E-state index contributed by atoms with van der Waals surface area (Å²) in [5, 5.41) is 8.98. The van der Waals surface area contributed by atoms with Crippen LogP contribution >= 0.6 is 0 Å². The van der Waals surface area contributed by atoms with Gasteiger partial charge in [-0.05, 0) is 31.0 Å². The fourth-order valence-electron chi connectivity index (χ4n) is 1.73. The van der Waals surface area contributed by atoms with Crippen molar-refractivity contribution < 1.29 is 27.1 Å². The highest BCUT2D eigenvalue weighted by atomic mass is 32.2. The van der Waals surface area contributed by atoms with Crippen molar-refractivity contribution in [3.05, 3.63) is 29.3 Å². The quantitative estimate of drug-likeness (QED) is 0.806. The number of carbonyl (C=O) groups is 1. The van der Waals surface area contributed by atoms with Crippen LogP contribution in [0.2, 0.25) is 0 Å². The van der Waals surface area contributed by atoms with Gasteiger partial charge in [-0.3, -0.25) is 4.79 Å². The number of aliphatic carboxylic acids is 1. The van der Waals surface area contributed by atoms with Crippen molar-refractivity contribution in [3.8, 4) is 0 Å². The molecule has 0 unspecified atom stereocenters. The summed E-state index contributed by atoms with van der Waals surface area (Å²) >= 11 is 0. The summed E-state index contributed by atoms with van der Waals surface area (Å²) in [6.07, 6.45) is 1.24. The third-order valence-electron chi connectivity index (χ3n) is 2.94. The van der Waals surface area contributed by atoms with Gasteiger partial charge in [0, 0.05) is 0 Å². The number of sulfonamides is 1. The molecule has 0 bridgehead atoms. The number of carboxylic acids is 1. The van der Waals surface area contributed by atoms with Crippen LogP contribution in [0.4, 0.5) is 8.78 Å². The van der Waals surface area contributed by atoms with Crippen molar-refractivity contribution in [2.45, 2.75) is 44.0 Å². The Hall–Kier alpha value is -1.54. The fourth-order valence-corrected chi connectivity index (χ4v) is 3.02. The standard InChI is InChI=1S/C13H17F2NO4S/c1-3-4-5-11(13(17)18)16-21(19,20)12-7-9(14)8(2)6-10(12)15/h6-7,11,16H,3-5H2,1-2H3,(H,17,18)/t11-/m0/s1. The fraction of sp³-hybridized carbons (Fsp3) is 0.462. The maximum atomic E-state index is 13.7. The molecule has 0 fully saturated rings. The molecule has 0 aliphatic rings. The summed E-state index contributed by atoms with van der Waals surface area (Å²) < 4.78 is 53.0. The number of hydrogen-bond donors (Lipinski definition) is 2. The molecule has 0 saturated heterocycles. The number of hydrogen-bond acceptors (Lipinski definition) is 3. The molecule has 0 saturated carbocycles. The van der Waals surface area contributed by atoms with E-state index in [1.165, 1.54) is 6.92 Å². The van der Waals surface area contributed by atoms with Crippen LogP contribution in [0.5, 0.6) is 0 Å². The number of rotatable bonds is 7. The van der Waals surface area contributed by atoms with E-state index in [1.807, 2.05) is 11.6 Å². The molecule has 0 aliphatic carbocycles. The van der Waals surface area contributed by atoms with Gasteiger partial charge in [-0.2, -0.15) is 4.72 Å². The zero-order chi connectivity index (χ0) is 16.2. The van der Waals surface area contributed by atoms with Crippen LogP contribution in [-0.4, -0.2) is 25.5 Å². The zero-order valence-corrected chi connectivity index (χ0v) is 12.5. The van der Waals surface area contributed by atoms with Crippen molar-refractivity contribution in [2.24, 2.45) is 0 Å². The molecule has 118 valence electrons. The van der Waals surface area contributed by atoms with Crippen LogP contribution in [-0.2, 0) is 14.8 Å². The number of benzene rings is 1. The maximum absolute atomic E-state index is 13.7. The van der Waals surface area contributed by atoms with Gasteiger partial charge in [-0.1, -0.05) is 19.8 Å². The summed E-state index contributed by atoms with van der Waals surface area (Å²) in [4.78, 5) is 10.1. The minimum Gasteiger partial charge on any atom is -0.480 e. The number of halogens is 2. The van der Waals surface area contributed by atoms with Crippen LogP contribution in [0.25, 0.3) is 0 Å². The van der Waals surface area contributed by atoms with E-state index >= 15 is 0 Å². The molecule has 8 heteroatoms. The molecule has 5 nitrogen and oxygen atoms in total.